The molecule has 1 aliphatic rings. The zero-order valence-electron chi connectivity index (χ0n) is 10.6. The van der Waals surface area contributed by atoms with Gasteiger partial charge in [-0.15, -0.1) is 11.6 Å². The standard InChI is InChI=1S/C13H12ClNO5/c1-20-13(19)9-3-2-7(12(17)18)4-10(9)15-6-8(14)5-11(15)16/h2-4,8H,5-6H2,1H3,(H,17,18). The van der Waals surface area contributed by atoms with E-state index in [4.69, 9.17) is 16.7 Å². The van der Waals surface area contributed by atoms with Crippen molar-refractivity contribution in [1.29, 1.82) is 0 Å². The first kappa shape index (κ1) is 14.3. The van der Waals surface area contributed by atoms with Gasteiger partial charge in [0.05, 0.1) is 29.3 Å². The molecule has 2 rings (SSSR count). The van der Waals surface area contributed by atoms with Crippen LogP contribution in [-0.4, -0.2) is 42.0 Å². The summed E-state index contributed by atoms with van der Waals surface area (Å²) in [6.45, 7) is 0.230. The van der Waals surface area contributed by atoms with Crippen molar-refractivity contribution in [3.8, 4) is 0 Å². The molecule has 1 fully saturated rings. The maximum atomic E-state index is 11.9. The van der Waals surface area contributed by atoms with Crippen molar-refractivity contribution in [2.75, 3.05) is 18.6 Å². The third kappa shape index (κ3) is 2.60. The zero-order valence-corrected chi connectivity index (χ0v) is 11.4. The molecule has 0 aliphatic carbocycles. The molecule has 0 aromatic heterocycles. The molecule has 1 aromatic carbocycles. The van der Waals surface area contributed by atoms with Gasteiger partial charge in [0.2, 0.25) is 5.91 Å². The Morgan fingerprint density at radius 1 is 1.45 bits per heavy atom. The van der Waals surface area contributed by atoms with Gasteiger partial charge in [0, 0.05) is 13.0 Å². The largest absolute Gasteiger partial charge is 0.478 e. The summed E-state index contributed by atoms with van der Waals surface area (Å²) in [5.74, 6) is -2.03. The van der Waals surface area contributed by atoms with Crippen molar-refractivity contribution in [1.82, 2.24) is 0 Å². The summed E-state index contributed by atoms with van der Waals surface area (Å²) in [7, 11) is 1.22. The van der Waals surface area contributed by atoms with Crippen LogP contribution in [0.3, 0.4) is 0 Å². The first-order chi connectivity index (χ1) is 9.43. The first-order valence-electron chi connectivity index (χ1n) is 5.84. The van der Waals surface area contributed by atoms with Crippen LogP contribution in [0.15, 0.2) is 18.2 Å². The molecule has 0 saturated carbocycles. The third-order valence-electron chi connectivity index (χ3n) is 3.02. The summed E-state index contributed by atoms with van der Waals surface area (Å²) in [6, 6.07) is 3.90. The molecule has 1 unspecified atom stereocenters. The molecule has 1 N–H and O–H groups in total. The molecule has 1 heterocycles. The van der Waals surface area contributed by atoms with Gasteiger partial charge in [0.1, 0.15) is 0 Å². The highest BCUT2D eigenvalue weighted by Gasteiger charge is 2.32. The Morgan fingerprint density at radius 2 is 2.15 bits per heavy atom. The minimum absolute atomic E-state index is 0.0153. The molecule has 0 bridgehead atoms. The van der Waals surface area contributed by atoms with Crippen LogP contribution in [0.2, 0.25) is 0 Å². The lowest BCUT2D eigenvalue weighted by molar-refractivity contribution is -0.117. The van der Waals surface area contributed by atoms with Crippen LogP contribution in [0, 0.1) is 0 Å². The minimum atomic E-state index is -1.14. The number of rotatable bonds is 3. The fourth-order valence-corrected chi connectivity index (χ4v) is 2.34. The van der Waals surface area contributed by atoms with Crippen LogP contribution in [0.25, 0.3) is 0 Å². The van der Waals surface area contributed by atoms with Gasteiger partial charge >= 0.3 is 11.9 Å². The van der Waals surface area contributed by atoms with E-state index >= 15 is 0 Å². The second-order valence-corrected chi connectivity index (χ2v) is 4.95. The smallest absolute Gasteiger partial charge is 0.339 e. The average molecular weight is 298 g/mol. The normalized spacial score (nSPS) is 18.2. The number of hydrogen-bond acceptors (Lipinski definition) is 4. The minimum Gasteiger partial charge on any atom is -0.478 e. The van der Waals surface area contributed by atoms with Gasteiger partial charge in [-0.05, 0) is 18.2 Å². The number of alkyl halides is 1. The fourth-order valence-electron chi connectivity index (χ4n) is 2.07. The molecule has 1 aromatic rings. The Morgan fingerprint density at radius 3 is 2.65 bits per heavy atom. The van der Waals surface area contributed by atoms with Crippen molar-refractivity contribution in [3.63, 3.8) is 0 Å². The average Bonchev–Trinajstić information content (AvgIpc) is 2.76. The monoisotopic (exact) mass is 297 g/mol. The van der Waals surface area contributed by atoms with E-state index < -0.39 is 11.9 Å². The third-order valence-corrected chi connectivity index (χ3v) is 3.31. The second kappa shape index (κ2) is 5.50. The highest BCUT2D eigenvalue weighted by Crippen LogP contribution is 2.29. The molecule has 1 amide bonds. The van der Waals surface area contributed by atoms with Crippen LogP contribution in [0.5, 0.6) is 0 Å². The summed E-state index contributed by atoms with van der Waals surface area (Å²) in [5, 5.41) is 8.65. The molecule has 1 atom stereocenters. The topological polar surface area (TPSA) is 83.9 Å². The summed E-state index contributed by atoms with van der Waals surface area (Å²) in [4.78, 5) is 35.9. The quantitative estimate of drug-likeness (QED) is 0.675. The SMILES string of the molecule is COC(=O)c1ccc(C(=O)O)cc1N1CC(Cl)CC1=O. The number of hydrogen-bond donors (Lipinski definition) is 1. The van der Waals surface area contributed by atoms with Gasteiger partial charge in [-0.25, -0.2) is 9.59 Å². The summed E-state index contributed by atoms with van der Waals surface area (Å²) >= 11 is 5.92. The lowest BCUT2D eigenvalue weighted by Gasteiger charge is -2.19. The van der Waals surface area contributed by atoms with E-state index in [9.17, 15) is 14.4 Å². The van der Waals surface area contributed by atoms with Gasteiger partial charge in [0.25, 0.3) is 0 Å². The Labute approximate surface area is 119 Å². The number of carbonyl (C=O) groups is 3. The van der Waals surface area contributed by atoms with E-state index in [1.165, 1.54) is 30.2 Å². The van der Waals surface area contributed by atoms with Crippen molar-refractivity contribution in [3.05, 3.63) is 29.3 Å². The maximum Gasteiger partial charge on any atom is 0.339 e. The number of methoxy groups -OCH3 is 1. The fraction of sp³-hybridized carbons (Fsp3) is 0.308. The van der Waals surface area contributed by atoms with E-state index in [0.29, 0.717) is 0 Å². The van der Waals surface area contributed by atoms with Gasteiger partial charge in [-0.3, -0.25) is 4.79 Å². The van der Waals surface area contributed by atoms with Crippen molar-refractivity contribution in [2.24, 2.45) is 0 Å². The van der Waals surface area contributed by atoms with Crippen LogP contribution >= 0.6 is 11.6 Å². The van der Waals surface area contributed by atoms with Crippen molar-refractivity contribution in [2.45, 2.75) is 11.8 Å². The molecule has 6 nitrogen and oxygen atoms in total. The maximum absolute atomic E-state index is 11.9. The molecule has 0 spiro atoms. The number of esters is 1. The number of amides is 1. The number of anilines is 1. The van der Waals surface area contributed by atoms with Gasteiger partial charge in [-0.1, -0.05) is 0 Å². The molecular weight excluding hydrogens is 286 g/mol. The van der Waals surface area contributed by atoms with Crippen LogP contribution in [-0.2, 0) is 9.53 Å². The van der Waals surface area contributed by atoms with Gasteiger partial charge in [0.15, 0.2) is 0 Å². The Bertz CT molecular complexity index is 586. The van der Waals surface area contributed by atoms with Crippen molar-refractivity contribution < 1.29 is 24.2 Å². The predicted molar refractivity (Wildman–Crippen MR) is 71.4 cm³/mol. The second-order valence-electron chi connectivity index (χ2n) is 4.33. The van der Waals surface area contributed by atoms with E-state index in [2.05, 4.69) is 4.74 Å². The predicted octanol–water partition coefficient (Wildman–Crippen LogP) is 1.52. The molecule has 0 radical (unpaired) electrons. The van der Waals surface area contributed by atoms with Crippen LogP contribution in [0.4, 0.5) is 5.69 Å². The molecule has 1 saturated heterocycles. The number of benzene rings is 1. The summed E-state index contributed by atoms with van der Waals surface area (Å²) in [5.41, 5.74) is 0.333. The summed E-state index contributed by atoms with van der Waals surface area (Å²) < 4.78 is 4.64. The molecule has 1 aliphatic heterocycles. The van der Waals surface area contributed by atoms with E-state index in [-0.39, 0.29) is 41.1 Å². The first-order valence-corrected chi connectivity index (χ1v) is 6.27. The van der Waals surface area contributed by atoms with Gasteiger partial charge in [-0.2, -0.15) is 0 Å². The Kier molecular flexibility index (Phi) is 3.94. The molecule has 106 valence electrons. The molecule has 7 heteroatoms. The van der Waals surface area contributed by atoms with Crippen LogP contribution in [0.1, 0.15) is 27.1 Å². The molecule has 20 heavy (non-hydrogen) atoms. The number of carbonyl (C=O) groups excluding carboxylic acids is 2. The lowest BCUT2D eigenvalue weighted by atomic mass is 10.1. The number of aromatic carboxylic acids is 1. The highest BCUT2D eigenvalue weighted by molar-refractivity contribution is 6.24. The molecular formula is C13H12ClNO5. The lowest BCUT2D eigenvalue weighted by Crippen LogP contribution is -2.27. The number of carboxylic acid groups (broad SMARTS) is 1. The number of carboxylic acids is 1. The number of ether oxygens (including phenoxy) is 1. The van der Waals surface area contributed by atoms with E-state index in [1.54, 1.807) is 0 Å². The van der Waals surface area contributed by atoms with Gasteiger partial charge < -0.3 is 14.7 Å². The van der Waals surface area contributed by atoms with Crippen molar-refractivity contribution >= 4 is 35.1 Å². The highest BCUT2D eigenvalue weighted by atomic mass is 35.5. The van der Waals surface area contributed by atoms with Crippen LogP contribution < -0.4 is 4.90 Å². The number of halogens is 1. The van der Waals surface area contributed by atoms with E-state index in [1.807, 2.05) is 0 Å². The number of nitrogens with zero attached hydrogens (tertiary/aromatic N) is 1. The zero-order chi connectivity index (χ0) is 14.9. The Hall–Kier alpha value is -2.08. The van der Waals surface area contributed by atoms with E-state index in [0.717, 1.165) is 0 Å². The Balaban J connectivity index is 2.52. The summed E-state index contributed by atoms with van der Waals surface area (Å²) in [6.07, 6.45) is 0.152.